The molecule has 2 N–H and O–H groups in total. The maximum Gasteiger partial charge on any atom is 0.179 e. The summed E-state index contributed by atoms with van der Waals surface area (Å²) in [6.45, 7) is 0. The molecule has 0 saturated heterocycles. The fourth-order valence-electron chi connectivity index (χ4n) is 1.51. The van der Waals surface area contributed by atoms with Gasteiger partial charge in [-0.3, -0.25) is 4.79 Å². The van der Waals surface area contributed by atoms with Crippen molar-refractivity contribution in [1.82, 2.24) is 0 Å². The number of nitrogens with two attached hydrogens (primary N) is 1. The Kier molecular flexibility index (Phi) is 5.02. The zero-order valence-electron chi connectivity index (χ0n) is 10.7. The molecule has 0 fully saturated rings. The van der Waals surface area contributed by atoms with Crippen LogP contribution in [0.4, 0.5) is 4.39 Å². The Bertz CT molecular complexity index is 571. The van der Waals surface area contributed by atoms with E-state index in [1.807, 2.05) is 0 Å². The van der Waals surface area contributed by atoms with Crippen LogP contribution in [-0.2, 0) is 9.84 Å². The largest absolute Gasteiger partial charge is 0.494 e. The van der Waals surface area contributed by atoms with Crippen molar-refractivity contribution in [1.29, 1.82) is 0 Å². The number of carbonyl (C=O) groups is 1. The highest BCUT2D eigenvalue weighted by atomic mass is 32.2. The lowest BCUT2D eigenvalue weighted by Crippen LogP contribution is -2.32. The molecule has 0 aliphatic carbocycles. The van der Waals surface area contributed by atoms with Gasteiger partial charge in [-0.1, -0.05) is 0 Å². The first-order valence-electron chi connectivity index (χ1n) is 5.55. The molecule has 7 heteroatoms. The van der Waals surface area contributed by atoms with Crippen molar-refractivity contribution in [3.8, 4) is 5.75 Å². The quantitative estimate of drug-likeness (QED) is 0.782. The third-order valence-corrected chi connectivity index (χ3v) is 3.55. The normalized spacial score (nSPS) is 13.1. The van der Waals surface area contributed by atoms with Crippen LogP contribution >= 0.6 is 0 Å². The Morgan fingerprint density at radius 1 is 1.47 bits per heavy atom. The fraction of sp³-hybridized carbons (Fsp3) is 0.417. The van der Waals surface area contributed by atoms with Gasteiger partial charge in [-0.15, -0.1) is 0 Å². The Morgan fingerprint density at radius 2 is 2.11 bits per heavy atom. The number of rotatable bonds is 6. The monoisotopic (exact) mass is 289 g/mol. The van der Waals surface area contributed by atoms with E-state index in [1.165, 1.54) is 19.2 Å². The second-order valence-corrected chi connectivity index (χ2v) is 6.50. The van der Waals surface area contributed by atoms with Gasteiger partial charge in [0.05, 0.1) is 18.9 Å². The van der Waals surface area contributed by atoms with Gasteiger partial charge in [0.2, 0.25) is 0 Å². The number of ketones is 1. The number of sulfone groups is 1. The highest BCUT2D eigenvalue weighted by Crippen LogP contribution is 2.18. The number of Topliss-reactive ketones (excluding diaryl/α,β-unsaturated/α-hetero) is 1. The first kappa shape index (κ1) is 15.6. The summed E-state index contributed by atoms with van der Waals surface area (Å²) in [5, 5.41) is 0. The summed E-state index contributed by atoms with van der Waals surface area (Å²) in [7, 11) is -1.86. The second-order valence-electron chi connectivity index (χ2n) is 4.24. The molecule has 5 nitrogen and oxygen atoms in total. The molecule has 1 aromatic rings. The zero-order chi connectivity index (χ0) is 14.6. The molecule has 1 unspecified atom stereocenters. The van der Waals surface area contributed by atoms with Gasteiger partial charge in [-0.2, -0.15) is 0 Å². The van der Waals surface area contributed by atoms with Crippen molar-refractivity contribution in [2.45, 2.75) is 12.5 Å². The molecule has 1 aromatic carbocycles. The van der Waals surface area contributed by atoms with Crippen LogP contribution in [0.5, 0.6) is 5.75 Å². The number of hydrogen-bond acceptors (Lipinski definition) is 5. The van der Waals surface area contributed by atoms with E-state index < -0.39 is 27.5 Å². The van der Waals surface area contributed by atoms with Crippen LogP contribution in [0.25, 0.3) is 0 Å². The summed E-state index contributed by atoms with van der Waals surface area (Å²) in [5.74, 6) is -1.31. The average Bonchev–Trinajstić information content (AvgIpc) is 2.34. The molecule has 0 heterocycles. The number of methoxy groups -OCH3 is 1. The second kappa shape index (κ2) is 6.12. The molecule has 0 aromatic heterocycles. The predicted molar refractivity (Wildman–Crippen MR) is 69.6 cm³/mol. The smallest absolute Gasteiger partial charge is 0.179 e. The van der Waals surface area contributed by atoms with Crippen LogP contribution in [-0.4, -0.2) is 39.4 Å². The van der Waals surface area contributed by atoms with E-state index in [1.54, 1.807) is 0 Å². The van der Waals surface area contributed by atoms with Crippen LogP contribution in [0.3, 0.4) is 0 Å². The van der Waals surface area contributed by atoms with Crippen LogP contribution in [0.1, 0.15) is 16.8 Å². The molecular formula is C12H16FNO4S. The van der Waals surface area contributed by atoms with E-state index in [2.05, 4.69) is 0 Å². The topological polar surface area (TPSA) is 86.5 Å². The minimum Gasteiger partial charge on any atom is -0.494 e. The van der Waals surface area contributed by atoms with E-state index in [4.69, 9.17) is 10.5 Å². The Labute approximate surface area is 111 Å². The molecule has 0 spiro atoms. The average molecular weight is 289 g/mol. The van der Waals surface area contributed by atoms with Gasteiger partial charge in [0.15, 0.2) is 17.3 Å². The van der Waals surface area contributed by atoms with Gasteiger partial charge in [0.1, 0.15) is 9.84 Å². The van der Waals surface area contributed by atoms with Crippen molar-refractivity contribution >= 4 is 15.6 Å². The minimum atomic E-state index is -3.18. The van der Waals surface area contributed by atoms with Gasteiger partial charge in [0.25, 0.3) is 0 Å². The Balaban J connectivity index is 2.80. The summed E-state index contributed by atoms with van der Waals surface area (Å²) in [4.78, 5) is 11.9. The van der Waals surface area contributed by atoms with E-state index in [0.717, 1.165) is 12.3 Å². The molecule has 0 saturated carbocycles. The fourth-order valence-corrected chi connectivity index (χ4v) is 2.19. The number of hydrogen-bond donors (Lipinski definition) is 1. The van der Waals surface area contributed by atoms with E-state index in [9.17, 15) is 17.6 Å². The predicted octanol–water partition coefficient (Wildman–Crippen LogP) is 0.779. The third kappa shape index (κ3) is 4.60. The van der Waals surface area contributed by atoms with Crippen LogP contribution in [0, 0.1) is 5.82 Å². The molecule has 0 radical (unpaired) electrons. The van der Waals surface area contributed by atoms with Crippen LogP contribution in [0.2, 0.25) is 0 Å². The molecule has 1 atom stereocenters. The molecule has 19 heavy (non-hydrogen) atoms. The van der Waals surface area contributed by atoms with Gasteiger partial charge in [-0.25, -0.2) is 12.8 Å². The zero-order valence-corrected chi connectivity index (χ0v) is 11.5. The van der Waals surface area contributed by atoms with Crippen molar-refractivity contribution in [2.75, 3.05) is 19.1 Å². The summed E-state index contributed by atoms with van der Waals surface area (Å²) in [6.07, 6.45) is 1.07. The third-order valence-electron chi connectivity index (χ3n) is 2.57. The van der Waals surface area contributed by atoms with Gasteiger partial charge in [0, 0.05) is 11.8 Å². The first-order valence-corrected chi connectivity index (χ1v) is 7.61. The Hall–Kier alpha value is -1.47. The van der Waals surface area contributed by atoms with Gasteiger partial charge in [-0.05, 0) is 24.6 Å². The van der Waals surface area contributed by atoms with Gasteiger partial charge < -0.3 is 10.5 Å². The minimum absolute atomic E-state index is 0.00527. The van der Waals surface area contributed by atoms with Gasteiger partial charge >= 0.3 is 0 Å². The highest BCUT2D eigenvalue weighted by Gasteiger charge is 2.19. The van der Waals surface area contributed by atoms with E-state index in [-0.39, 0.29) is 23.5 Å². The number of halogens is 1. The summed E-state index contributed by atoms with van der Waals surface area (Å²) < 4.78 is 40.1. The standard InChI is InChI=1S/C12H16FNO4S/c1-18-11-4-3-8(7-9(11)13)12(15)10(14)5-6-19(2,16)17/h3-4,7,10H,5-6,14H2,1-2H3. The lowest BCUT2D eigenvalue weighted by molar-refractivity contribution is 0.0959. The molecule has 106 valence electrons. The van der Waals surface area contributed by atoms with Crippen LogP contribution in [0.15, 0.2) is 18.2 Å². The van der Waals surface area contributed by atoms with Crippen molar-refractivity contribution in [3.05, 3.63) is 29.6 Å². The summed E-state index contributed by atoms with van der Waals surface area (Å²) in [5.41, 5.74) is 5.71. The maximum atomic E-state index is 13.4. The maximum absolute atomic E-state index is 13.4. The van der Waals surface area contributed by atoms with Crippen LogP contribution < -0.4 is 10.5 Å². The molecular weight excluding hydrogens is 273 g/mol. The van der Waals surface area contributed by atoms with E-state index >= 15 is 0 Å². The van der Waals surface area contributed by atoms with E-state index in [0.29, 0.717) is 0 Å². The lowest BCUT2D eigenvalue weighted by atomic mass is 10.0. The SMILES string of the molecule is COc1ccc(C(=O)C(N)CCS(C)(=O)=O)cc1F. The Morgan fingerprint density at radius 3 is 2.58 bits per heavy atom. The number of carbonyl (C=O) groups excluding carboxylic acids is 1. The lowest BCUT2D eigenvalue weighted by Gasteiger charge is -2.10. The van der Waals surface area contributed by atoms with Crippen molar-refractivity contribution in [2.24, 2.45) is 5.73 Å². The molecule has 0 aliphatic rings. The highest BCUT2D eigenvalue weighted by molar-refractivity contribution is 7.90. The first-order chi connectivity index (χ1) is 8.74. The molecule has 0 bridgehead atoms. The summed E-state index contributed by atoms with van der Waals surface area (Å²) in [6, 6.07) is 2.78. The molecule has 1 rings (SSSR count). The van der Waals surface area contributed by atoms with Crippen molar-refractivity contribution in [3.63, 3.8) is 0 Å². The van der Waals surface area contributed by atoms with Crippen molar-refractivity contribution < 1.29 is 22.3 Å². The summed E-state index contributed by atoms with van der Waals surface area (Å²) >= 11 is 0. The number of benzene rings is 1. The molecule has 0 amide bonds. The molecule has 0 aliphatic heterocycles. The number of ether oxygens (including phenoxy) is 1.